The number of carbonyl (C=O) groups is 2. The lowest BCUT2D eigenvalue weighted by atomic mass is 10.2. The topological polar surface area (TPSA) is 75.6 Å². The Balaban J connectivity index is 2.71. The van der Waals surface area contributed by atoms with Gasteiger partial charge in [0.05, 0.1) is 12.1 Å². The Morgan fingerprint density at radius 3 is 2.78 bits per heavy atom. The van der Waals surface area contributed by atoms with E-state index in [9.17, 15) is 9.59 Å². The second kappa shape index (κ2) is 6.91. The molecule has 0 aliphatic rings. The lowest BCUT2D eigenvalue weighted by molar-refractivity contribution is -0.148. The average Bonchev–Trinajstić information content (AvgIpc) is 2.32. The summed E-state index contributed by atoms with van der Waals surface area (Å²) in [5.41, 5.74) is 0.406. The molecule has 1 unspecified atom stereocenters. The number of halogens is 2. The van der Waals surface area contributed by atoms with Crippen LogP contribution >= 0.6 is 34.2 Å². The summed E-state index contributed by atoms with van der Waals surface area (Å²) in [6, 6.07) is 4.92. The number of aliphatic carboxylic acids is 1. The molecule has 18 heavy (non-hydrogen) atoms. The number of benzene rings is 1. The molecule has 0 fully saturated rings. The quantitative estimate of drug-likeness (QED) is 0.760. The van der Waals surface area contributed by atoms with Crippen molar-refractivity contribution in [3.8, 4) is 0 Å². The number of rotatable bonds is 5. The lowest BCUT2D eigenvalue weighted by Gasteiger charge is -2.12. The maximum atomic E-state index is 11.8. The molecule has 7 heteroatoms. The molecule has 1 amide bonds. The Morgan fingerprint density at radius 2 is 2.22 bits per heavy atom. The normalized spacial score (nSPS) is 11.9. The number of carboxylic acid groups (broad SMARTS) is 1. The number of ether oxygens (including phenoxy) is 1. The van der Waals surface area contributed by atoms with E-state index in [0.717, 1.165) is 3.57 Å². The van der Waals surface area contributed by atoms with Crippen LogP contribution in [-0.4, -0.2) is 36.7 Å². The van der Waals surface area contributed by atoms with Crippen LogP contribution in [0.3, 0.4) is 0 Å². The molecule has 0 radical (unpaired) electrons. The van der Waals surface area contributed by atoms with Gasteiger partial charge in [-0.1, -0.05) is 11.6 Å². The summed E-state index contributed by atoms with van der Waals surface area (Å²) in [6.45, 7) is -0.104. The van der Waals surface area contributed by atoms with Crippen molar-refractivity contribution in [2.24, 2.45) is 0 Å². The number of carboxylic acids is 1. The predicted octanol–water partition coefficient (Wildman–Crippen LogP) is 1.77. The Bertz CT molecular complexity index is 466. The van der Waals surface area contributed by atoms with Gasteiger partial charge in [-0.25, -0.2) is 4.79 Å². The van der Waals surface area contributed by atoms with Crippen molar-refractivity contribution in [3.05, 3.63) is 32.4 Å². The maximum Gasteiger partial charge on any atom is 0.334 e. The van der Waals surface area contributed by atoms with Crippen LogP contribution in [0.1, 0.15) is 10.4 Å². The number of hydrogen-bond acceptors (Lipinski definition) is 3. The smallest absolute Gasteiger partial charge is 0.334 e. The molecule has 0 aliphatic carbocycles. The molecule has 1 atom stereocenters. The summed E-state index contributed by atoms with van der Waals surface area (Å²) in [7, 11) is 1.27. The van der Waals surface area contributed by atoms with Gasteiger partial charge in [0.1, 0.15) is 0 Å². The van der Waals surface area contributed by atoms with Crippen LogP contribution in [0.5, 0.6) is 0 Å². The third-order valence-corrected chi connectivity index (χ3v) is 3.36. The van der Waals surface area contributed by atoms with Crippen molar-refractivity contribution >= 4 is 46.1 Å². The summed E-state index contributed by atoms with van der Waals surface area (Å²) in [6.07, 6.45) is -1.06. The first kappa shape index (κ1) is 15.2. The first-order valence-electron chi connectivity index (χ1n) is 4.94. The molecule has 5 nitrogen and oxygen atoms in total. The summed E-state index contributed by atoms with van der Waals surface area (Å²) in [5, 5.41) is 11.7. The summed E-state index contributed by atoms with van der Waals surface area (Å²) in [5.74, 6) is -1.51. The molecule has 0 spiro atoms. The predicted molar refractivity (Wildman–Crippen MR) is 74.9 cm³/mol. The van der Waals surface area contributed by atoms with E-state index < -0.39 is 12.1 Å². The molecular formula is C11H11ClINO4. The van der Waals surface area contributed by atoms with Crippen molar-refractivity contribution < 1.29 is 19.4 Å². The second-order valence-electron chi connectivity index (χ2n) is 3.40. The van der Waals surface area contributed by atoms with Crippen LogP contribution in [0.15, 0.2) is 18.2 Å². The van der Waals surface area contributed by atoms with Gasteiger partial charge >= 0.3 is 5.97 Å². The third-order valence-electron chi connectivity index (χ3n) is 2.18. The molecule has 2 N–H and O–H groups in total. The molecule has 1 aromatic rings. The maximum absolute atomic E-state index is 11.8. The summed E-state index contributed by atoms with van der Waals surface area (Å²) >= 11 is 7.80. The zero-order valence-corrected chi connectivity index (χ0v) is 12.4. The summed E-state index contributed by atoms with van der Waals surface area (Å²) < 4.78 is 5.44. The fourth-order valence-corrected chi connectivity index (χ4v) is 1.98. The first-order chi connectivity index (χ1) is 8.45. The van der Waals surface area contributed by atoms with Gasteiger partial charge in [-0.2, -0.15) is 0 Å². The number of nitrogens with one attached hydrogen (secondary N) is 1. The van der Waals surface area contributed by atoms with E-state index in [0.29, 0.717) is 10.6 Å². The van der Waals surface area contributed by atoms with E-state index in [4.69, 9.17) is 21.4 Å². The van der Waals surface area contributed by atoms with E-state index >= 15 is 0 Å². The third kappa shape index (κ3) is 4.11. The molecule has 0 aromatic heterocycles. The van der Waals surface area contributed by atoms with Gasteiger partial charge in [-0.05, 0) is 40.8 Å². The number of hydrogen-bond donors (Lipinski definition) is 2. The van der Waals surface area contributed by atoms with Gasteiger partial charge in [-0.3, -0.25) is 4.79 Å². The molecule has 98 valence electrons. The van der Waals surface area contributed by atoms with Gasteiger partial charge in [0.25, 0.3) is 5.91 Å². The van der Waals surface area contributed by atoms with Crippen LogP contribution < -0.4 is 5.32 Å². The standard InChI is InChI=1S/C11H11ClINO4/c1-18-9(11(16)17)5-14-10(15)7-4-6(12)2-3-8(7)13/h2-4,9H,5H2,1H3,(H,14,15)(H,16,17). The van der Waals surface area contributed by atoms with E-state index in [1.54, 1.807) is 12.1 Å². The van der Waals surface area contributed by atoms with Gasteiger partial charge in [0, 0.05) is 15.7 Å². The van der Waals surface area contributed by atoms with Crippen molar-refractivity contribution in [1.29, 1.82) is 0 Å². The zero-order chi connectivity index (χ0) is 13.7. The fourth-order valence-electron chi connectivity index (χ4n) is 1.22. The Labute approximate surface area is 123 Å². The highest BCUT2D eigenvalue weighted by Crippen LogP contribution is 2.17. The van der Waals surface area contributed by atoms with Crippen molar-refractivity contribution in [2.45, 2.75) is 6.10 Å². The van der Waals surface area contributed by atoms with Gasteiger partial charge in [0.15, 0.2) is 6.10 Å². The van der Waals surface area contributed by atoms with E-state index in [-0.39, 0.29) is 12.5 Å². The minimum atomic E-state index is -1.13. The van der Waals surface area contributed by atoms with E-state index in [2.05, 4.69) is 5.32 Å². The number of carbonyl (C=O) groups excluding carboxylic acids is 1. The lowest BCUT2D eigenvalue weighted by Crippen LogP contribution is -2.38. The molecule has 0 saturated heterocycles. The van der Waals surface area contributed by atoms with E-state index in [1.807, 2.05) is 22.6 Å². The number of methoxy groups -OCH3 is 1. The van der Waals surface area contributed by atoms with Crippen LogP contribution in [-0.2, 0) is 9.53 Å². The highest BCUT2D eigenvalue weighted by atomic mass is 127. The molecule has 0 heterocycles. The minimum absolute atomic E-state index is 0.104. The molecule has 0 saturated carbocycles. The van der Waals surface area contributed by atoms with Gasteiger partial charge in [0.2, 0.25) is 0 Å². The fraction of sp³-hybridized carbons (Fsp3) is 0.273. The average molecular weight is 384 g/mol. The second-order valence-corrected chi connectivity index (χ2v) is 5.00. The van der Waals surface area contributed by atoms with Gasteiger partial charge < -0.3 is 15.2 Å². The van der Waals surface area contributed by atoms with Crippen molar-refractivity contribution in [2.75, 3.05) is 13.7 Å². The first-order valence-corrected chi connectivity index (χ1v) is 6.40. The monoisotopic (exact) mass is 383 g/mol. The molecular weight excluding hydrogens is 372 g/mol. The largest absolute Gasteiger partial charge is 0.479 e. The molecule has 1 rings (SSSR count). The highest BCUT2D eigenvalue weighted by Gasteiger charge is 2.18. The number of amides is 1. The molecule has 0 aliphatic heterocycles. The minimum Gasteiger partial charge on any atom is -0.479 e. The van der Waals surface area contributed by atoms with Crippen LogP contribution in [0.25, 0.3) is 0 Å². The van der Waals surface area contributed by atoms with Crippen molar-refractivity contribution in [3.63, 3.8) is 0 Å². The highest BCUT2D eigenvalue weighted by molar-refractivity contribution is 14.1. The van der Waals surface area contributed by atoms with Gasteiger partial charge in [-0.15, -0.1) is 0 Å². The summed E-state index contributed by atoms with van der Waals surface area (Å²) in [4.78, 5) is 22.5. The van der Waals surface area contributed by atoms with Crippen LogP contribution in [0.4, 0.5) is 0 Å². The molecule has 1 aromatic carbocycles. The zero-order valence-electron chi connectivity index (χ0n) is 9.44. The van der Waals surface area contributed by atoms with Crippen LogP contribution in [0, 0.1) is 3.57 Å². The van der Waals surface area contributed by atoms with Crippen molar-refractivity contribution in [1.82, 2.24) is 5.32 Å². The Hall–Kier alpha value is -0.860. The Kier molecular flexibility index (Phi) is 5.83. The Morgan fingerprint density at radius 1 is 1.56 bits per heavy atom. The van der Waals surface area contributed by atoms with E-state index in [1.165, 1.54) is 13.2 Å². The SMILES string of the molecule is COC(CNC(=O)c1cc(Cl)ccc1I)C(=O)O. The van der Waals surface area contributed by atoms with Crippen LogP contribution in [0.2, 0.25) is 5.02 Å². The molecule has 0 bridgehead atoms.